The van der Waals surface area contributed by atoms with Gasteiger partial charge in [0.25, 0.3) is 5.91 Å². The zero-order valence-electron chi connectivity index (χ0n) is 10.2. The molecule has 0 radical (unpaired) electrons. The first-order valence-electron chi connectivity index (χ1n) is 5.61. The normalized spacial score (nSPS) is 10.7. The molecule has 0 aliphatic carbocycles. The fourth-order valence-corrected chi connectivity index (χ4v) is 2.52. The Kier molecular flexibility index (Phi) is 4.55. The third-order valence-corrected chi connectivity index (χ3v) is 3.55. The lowest BCUT2D eigenvalue weighted by molar-refractivity contribution is -0.131. The van der Waals surface area contributed by atoms with Crippen molar-refractivity contribution in [1.82, 2.24) is 0 Å². The molecule has 0 saturated heterocycles. The molecule has 1 heterocycles. The predicted molar refractivity (Wildman–Crippen MR) is 80.4 cm³/mol. The molecule has 2 N–H and O–H groups in total. The standard InChI is InChI=1S/C14H10ClNO3S/c15-10-2-1-3-11(8-10)16-14(19)13-9(6-7-20-13)4-5-12(17)18/h1-8H,(H,16,19)(H,17,18). The highest BCUT2D eigenvalue weighted by Crippen LogP contribution is 2.21. The second-order valence-electron chi connectivity index (χ2n) is 3.84. The van der Waals surface area contributed by atoms with Gasteiger partial charge in [-0.05, 0) is 41.3 Å². The van der Waals surface area contributed by atoms with Crippen LogP contribution < -0.4 is 5.32 Å². The van der Waals surface area contributed by atoms with Gasteiger partial charge in [-0.3, -0.25) is 4.79 Å². The van der Waals surface area contributed by atoms with Gasteiger partial charge in [-0.15, -0.1) is 11.3 Å². The molecule has 0 aliphatic heterocycles. The molecular weight excluding hydrogens is 298 g/mol. The Morgan fingerprint density at radius 3 is 2.80 bits per heavy atom. The molecule has 1 aromatic heterocycles. The number of anilines is 1. The van der Waals surface area contributed by atoms with Crippen molar-refractivity contribution in [2.24, 2.45) is 0 Å². The van der Waals surface area contributed by atoms with Gasteiger partial charge in [-0.2, -0.15) is 0 Å². The molecule has 0 unspecified atom stereocenters. The Morgan fingerprint density at radius 2 is 2.10 bits per heavy atom. The summed E-state index contributed by atoms with van der Waals surface area (Å²) in [6.45, 7) is 0. The first-order chi connectivity index (χ1) is 9.56. The molecule has 1 amide bonds. The van der Waals surface area contributed by atoms with Crippen LogP contribution in [0.1, 0.15) is 15.2 Å². The zero-order chi connectivity index (χ0) is 14.5. The lowest BCUT2D eigenvalue weighted by atomic mass is 10.2. The van der Waals surface area contributed by atoms with Crippen LogP contribution in [-0.2, 0) is 4.79 Å². The van der Waals surface area contributed by atoms with Crippen LogP contribution in [0.2, 0.25) is 5.02 Å². The number of rotatable bonds is 4. The topological polar surface area (TPSA) is 66.4 Å². The average Bonchev–Trinajstić information content (AvgIpc) is 2.84. The van der Waals surface area contributed by atoms with Crippen molar-refractivity contribution >= 4 is 46.6 Å². The summed E-state index contributed by atoms with van der Waals surface area (Å²) in [4.78, 5) is 23.1. The molecule has 2 aromatic rings. The van der Waals surface area contributed by atoms with Gasteiger partial charge in [-0.25, -0.2) is 4.79 Å². The molecule has 2 rings (SSSR count). The second-order valence-corrected chi connectivity index (χ2v) is 5.19. The number of carboxylic acid groups (broad SMARTS) is 1. The fourth-order valence-electron chi connectivity index (χ4n) is 1.55. The summed E-state index contributed by atoms with van der Waals surface area (Å²) in [6.07, 6.45) is 2.39. The summed E-state index contributed by atoms with van der Waals surface area (Å²) >= 11 is 7.09. The molecule has 6 heteroatoms. The van der Waals surface area contributed by atoms with Crippen LogP contribution in [0.5, 0.6) is 0 Å². The monoisotopic (exact) mass is 307 g/mol. The molecule has 0 bridgehead atoms. The SMILES string of the molecule is O=C(O)C=Cc1ccsc1C(=O)Nc1cccc(Cl)c1. The summed E-state index contributed by atoms with van der Waals surface area (Å²) in [6, 6.07) is 8.50. The van der Waals surface area contributed by atoms with Crippen molar-refractivity contribution in [2.75, 3.05) is 5.32 Å². The smallest absolute Gasteiger partial charge is 0.328 e. The van der Waals surface area contributed by atoms with Gasteiger partial charge in [0.15, 0.2) is 0 Å². The number of thiophene rings is 1. The molecule has 20 heavy (non-hydrogen) atoms. The quantitative estimate of drug-likeness (QED) is 0.845. The van der Waals surface area contributed by atoms with E-state index >= 15 is 0 Å². The molecule has 4 nitrogen and oxygen atoms in total. The van der Waals surface area contributed by atoms with Crippen LogP contribution in [0.4, 0.5) is 5.69 Å². The average molecular weight is 308 g/mol. The van der Waals surface area contributed by atoms with Crippen molar-refractivity contribution in [3.05, 3.63) is 57.3 Å². The molecule has 0 saturated carbocycles. The van der Waals surface area contributed by atoms with Gasteiger partial charge in [0.2, 0.25) is 0 Å². The van der Waals surface area contributed by atoms with E-state index in [0.29, 0.717) is 21.2 Å². The minimum atomic E-state index is -1.06. The number of hydrogen-bond donors (Lipinski definition) is 2. The van der Waals surface area contributed by atoms with E-state index in [2.05, 4.69) is 5.32 Å². The highest BCUT2D eigenvalue weighted by Gasteiger charge is 2.12. The minimum Gasteiger partial charge on any atom is -0.478 e. The van der Waals surface area contributed by atoms with Crippen LogP contribution in [0.3, 0.4) is 0 Å². The summed E-state index contributed by atoms with van der Waals surface area (Å²) < 4.78 is 0. The number of hydrogen-bond acceptors (Lipinski definition) is 3. The Bertz CT molecular complexity index is 679. The first kappa shape index (κ1) is 14.3. The number of aliphatic carboxylic acids is 1. The van der Waals surface area contributed by atoms with Gasteiger partial charge in [0.05, 0.1) is 4.88 Å². The van der Waals surface area contributed by atoms with E-state index in [1.807, 2.05) is 0 Å². The third kappa shape index (κ3) is 3.69. The zero-order valence-corrected chi connectivity index (χ0v) is 11.7. The van der Waals surface area contributed by atoms with E-state index in [1.54, 1.807) is 35.7 Å². The van der Waals surface area contributed by atoms with E-state index in [4.69, 9.17) is 16.7 Å². The molecule has 102 valence electrons. The van der Waals surface area contributed by atoms with Crippen LogP contribution in [0, 0.1) is 0 Å². The van der Waals surface area contributed by atoms with Gasteiger partial charge >= 0.3 is 5.97 Å². The van der Waals surface area contributed by atoms with E-state index in [-0.39, 0.29) is 5.91 Å². The largest absolute Gasteiger partial charge is 0.478 e. The molecule has 0 aliphatic rings. The minimum absolute atomic E-state index is 0.299. The van der Waals surface area contributed by atoms with Crippen molar-refractivity contribution in [3.8, 4) is 0 Å². The molecule has 0 fully saturated rings. The number of amides is 1. The lowest BCUT2D eigenvalue weighted by Gasteiger charge is -2.04. The number of carboxylic acids is 1. The second kappa shape index (κ2) is 6.36. The predicted octanol–water partition coefficient (Wildman–Crippen LogP) is 3.75. The molecular formula is C14H10ClNO3S. The number of carbonyl (C=O) groups excluding carboxylic acids is 1. The van der Waals surface area contributed by atoms with Gasteiger partial charge in [0, 0.05) is 16.8 Å². The first-order valence-corrected chi connectivity index (χ1v) is 6.87. The summed E-state index contributed by atoms with van der Waals surface area (Å²) in [5, 5.41) is 13.6. The lowest BCUT2D eigenvalue weighted by Crippen LogP contribution is -2.11. The Labute approximate surface area is 124 Å². The molecule has 1 aromatic carbocycles. The van der Waals surface area contributed by atoms with E-state index < -0.39 is 5.97 Å². The van der Waals surface area contributed by atoms with E-state index in [1.165, 1.54) is 17.4 Å². The number of carbonyl (C=O) groups is 2. The van der Waals surface area contributed by atoms with Crippen molar-refractivity contribution in [3.63, 3.8) is 0 Å². The van der Waals surface area contributed by atoms with Gasteiger partial charge < -0.3 is 10.4 Å². The van der Waals surface area contributed by atoms with Crippen molar-refractivity contribution in [2.45, 2.75) is 0 Å². The summed E-state index contributed by atoms with van der Waals surface area (Å²) in [5.41, 5.74) is 1.15. The number of nitrogens with one attached hydrogen (secondary N) is 1. The number of halogens is 1. The maximum atomic E-state index is 12.1. The highest BCUT2D eigenvalue weighted by molar-refractivity contribution is 7.12. The molecule has 0 atom stereocenters. The maximum absolute atomic E-state index is 12.1. The third-order valence-electron chi connectivity index (χ3n) is 2.39. The Hall–Kier alpha value is -2.11. The summed E-state index contributed by atoms with van der Waals surface area (Å²) in [5.74, 6) is -1.36. The van der Waals surface area contributed by atoms with Crippen LogP contribution in [-0.4, -0.2) is 17.0 Å². The summed E-state index contributed by atoms with van der Waals surface area (Å²) in [7, 11) is 0. The number of benzene rings is 1. The Balaban J connectivity index is 2.18. The van der Waals surface area contributed by atoms with E-state index in [9.17, 15) is 9.59 Å². The van der Waals surface area contributed by atoms with Crippen LogP contribution >= 0.6 is 22.9 Å². The maximum Gasteiger partial charge on any atom is 0.328 e. The van der Waals surface area contributed by atoms with Crippen molar-refractivity contribution in [1.29, 1.82) is 0 Å². The fraction of sp³-hybridized carbons (Fsp3) is 0. The highest BCUT2D eigenvalue weighted by atomic mass is 35.5. The Morgan fingerprint density at radius 1 is 1.30 bits per heavy atom. The molecule has 0 spiro atoms. The van der Waals surface area contributed by atoms with Crippen LogP contribution in [0.15, 0.2) is 41.8 Å². The van der Waals surface area contributed by atoms with Crippen molar-refractivity contribution < 1.29 is 14.7 Å². The van der Waals surface area contributed by atoms with Gasteiger partial charge in [-0.1, -0.05) is 17.7 Å². The van der Waals surface area contributed by atoms with Gasteiger partial charge in [0.1, 0.15) is 0 Å². The van der Waals surface area contributed by atoms with Crippen LogP contribution in [0.25, 0.3) is 6.08 Å². The van der Waals surface area contributed by atoms with E-state index in [0.717, 1.165) is 6.08 Å².